The number of hydrogen-bond donors (Lipinski definition) is 1. The van der Waals surface area contributed by atoms with Gasteiger partial charge in [-0.2, -0.15) is 0 Å². The maximum absolute atomic E-state index is 11.9. The average molecular weight is 297 g/mol. The van der Waals surface area contributed by atoms with Crippen molar-refractivity contribution in [1.82, 2.24) is 5.32 Å². The van der Waals surface area contributed by atoms with Crippen molar-refractivity contribution in [3.63, 3.8) is 0 Å². The van der Waals surface area contributed by atoms with Gasteiger partial charge in [0.05, 0.1) is 0 Å². The monoisotopic (exact) mass is 297 g/mol. The Balaban J connectivity index is 1.47. The Kier molecular flexibility index (Phi) is 4.94. The van der Waals surface area contributed by atoms with E-state index in [0.717, 1.165) is 17.7 Å². The molecule has 0 aliphatic heterocycles. The van der Waals surface area contributed by atoms with Gasteiger partial charge in [0.25, 0.3) is 5.91 Å². The molecular formula is C19H23NO2. The Bertz CT molecular complexity index is 632. The zero-order chi connectivity index (χ0) is 15.2. The van der Waals surface area contributed by atoms with Crippen molar-refractivity contribution in [1.29, 1.82) is 0 Å². The number of amides is 1. The van der Waals surface area contributed by atoms with Gasteiger partial charge in [-0.15, -0.1) is 0 Å². The largest absolute Gasteiger partial charge is 0.484 e. The molecule has 1 aliphatic rings. The molecule has 22 heavy (non-hydrogen) atoms. The van der Waals surface area contributed by atoms with Crippen LogP contribution in [0.4, 0.5) is 0 Å². The van der Waals surface area contributed by atoms with E-state index in [1.807, 2.05) is 36.4 Å². The summed E-state index contributed by atoms with van der Waals surface area (Å²) in [6.07, 6.45) is 6.43. The molecule has 3 nitrogen and oxygen atoms in total. The Morgan fingerprint density at radius 2 is 1.82 bits per heavy atom. The van der Waals surface area contributed by atoms with Crippen LogP contribution in [0.1, 0.15) is 32.1 Å². The standard InChI is InChI=1S/C19H23NO2/c21-19(20-13-15-6-2-1-3-7-15)14-22-18-11-10-16-8-4-5-9-17(16)12-18/h4-5,8-12,15H,1-3,6-7,13-14H2,(H,20,21). The molecule has 3 rings (SSSR count). The number of carbonyl (C=O) groups is 1. The van der Waals surface area contributed by atoms with Crippen molar-refractivity contribution in [3.05, 3.63) is 42.5 Å². The van der Waals surface area contributed by atoms with Gasteiger partial charge in [-0.05, 0) is 41.7 Å². The lowest BCUT2D eigenvalue weighted by Gasteiger charge is -2.21. The molecule has 0 heterocycles. The highest BCUT2D eigenvalue weighted by atomic mass is 16.5. The van der Waals surface area contributed by atoms with E-state index < -0.39 is 0 Å². The van der Waals surface area contributed by atoms with Gasteiger partial charge in [0.2, 0.25) is 0 Å². The first kappa shape index (κ1) is 14.9. The van der Waals surface area contributed by atoms with E-state index in [0.29, 0.717) is 5.92 Å². The second-order valence-corrected chi connectivity index (χ2v) is 6.11. The number of ether oxygens (including phenoxy) is 1. The molecule has 1 fully saturated rings. The van der Waals surface area contributed by atoms with Crippen LogP contribution in [0.3, 0.4) is 0 Å². The third-order valence-electron chi connectivity index (χ3n) is 4.40. The molecule has 3 heteroatoms. The van der Waals surface area contributed by atoms with Crippen LogP contribution in [0.2, 0.25) is 0 Å². The van der Waals surface area contributed by atoms with Crippen molar-refractivity contribution < 1.29 is 9.53 Å². The lowest BCUT2D eigenvalue weighted by Crippen LogP contribution is -2.33. The molecule has 0 bridgehead atoms. The average Bonchev–Trinajstić information content (AvgIpc) is 2.59. The highest BCUT2D eigenvalue weighted by molar-refractivity contribution is 5.84. The van der Waals surface area contributed by atoms with Crippen molar-refractivity contribution in [2.45, 2.75) is 32.1 Å². The maximum Gasteiger partial charge on any atom is 0.257 e. The fraction of sp³-hybridized carbons (Fsp3) is 0.421. The number of rotatable bonds is 5. The molecule has 2 aromatic rings. The molecule has 0 spiro atoms. The van der Waals surface area contributed by atoms with Crippen LogP contribution < -0.4 is 10.1 Å². The smallest absolute Gasteiger partial charge is 0.257 e. The summed E-state index contributed by atoms with van der Waals surface area (Å²) in [6, 6.07) is 14.0. The Morgan fingerprint density at radius 3 is 2.64 bits per heavy atom. The number of hydrogen-bond acceptors (Lipinski definition) is 2. The van der Waals surface area contributed by atoms with Crippen molar-refractivity contribution in [3.8, 4) is 5.75 Å². The second-order valence-electron chi connectivity index (χ2n) is 6.11. The van der Waals surface area contributed by atoms with Crippen LogP contribution in [0.15, 0.2) is 42.5 Å². The molecule has 1 amide bonds. The number of nitrogens with one attached hydrogen (secondary N) is 1. The quantitative estimate of drug-likeness (QED) is 0.908. The van der Waals surface area contributed by atoms with Gasteiger partial charge >= 0.3 is 0 Å². The first-order valence-electron chi connectivity index (χ1n) is 8.19. The van der Waals surface area contributed by atoms with Crippen molar-refractivity contribution in [2.24, 2.45) is 5.92 Å². The molecule has 1 aliphatic carbocycles. The summed E-state index contributed by atoms with van der Waals surface area (Å²) >= 11 is 0. The zero-order valence-electron chi connectivity index (χ0n) is 12.9. The zero-order valence-corrected chi connectivity index (χ0v) is 12.9. The van der Waals surface area contributed by atoms with Crippen molar-refractivity contribution >= 4 is 16.7 Å². The van der Waals surface area contributed by atoms with Gasteiger partial charge < -0.3 is 10.1 Å². The predicted octanol–water partition coefficient (Wildman–Crippen LogP) is 3.92. The number of benzene rings is 2. The molecule has 0 saturated heterocycles. The maximum atomic E-state index is 11.9. The topological polar surface area (TPSA) is 38.3 Å². The fourth-order valence-corrected chi connectivity index (χ4v) is 3.11. The van der Waals surface area contributed by atoms with Crippen molar-refractivity contribution in [2.75, 3.05) is 13.2 Å². The summed E-state index contributed by atoms with van der Waals surface area (Å²) in [5, 5.41) is 5.30. The van der Waals surface area contributed by atoms with Gasteiger partial charge in [-0.1, -0.05) is 49.6 Å². The van der Waals surface area contributed by atoms with Gasteiger partial charge in [0, 0.05) is 6.54 Å². The third-order valence-corrected chi connectivity index (χ3v) is 4.40. The molecule has 0 unspecified atom stereocenters. The molecule has 2 aromatic carbocycles. The summed E-state index contributed by atoms with van der Waals surface area (Å²) in [5.41, 5.74) is 0. The van der Waals surface area contributed by atoms with Gasteiger partial charge in [0.15, 0.2) is 6.61 Å². The fourth-order valence-electron chi connectivity index (χ4n) is 3.11. The molecule has 116 valence electrons. The van der Waals surface area contributed by atoms with E-state index in [2.05, 4.69) is 11.4 Å². The first-order valence-corrected chi connectivity index (χ1v) is 8.19. The van der Waals surface area contributed by atoms with Crippen LogP contribution in [-0.2, 0) is 4.79 Å². The second kappa shape index (κ2) is 7.30. The van der Waals surface area contributed by atoms with Crippen LogP contribution in [-0.4, -0.2) is 19.1 Å². The Morgan fingerprint density at radius 1 is 1.05 bits per heavy atom. The normalized spacial score (nSPS) is 15.6. The summed E-state index contributed by atoms with van der Waals surface area (Å²) in [5.74, 6) is 1.36. The van der Waals surface area contributed by atoms with Crippen LogP contribution in [0, 0.1) is 5.92 Å². The summed E-state index contributed by atoms with van der Waals surface area (Å²) in [7, 11) is 0. The van der Waals surface area contributed by atoms with Gasteiger partial charge in [-0.3, -0.25) is 4.79 Å². The minimum atomic E-state index is -0.0290. The minimum Gasteiger partial charge on any atom is -0.484 e. The lowest BCUT2D eigenvalue weighted by molar-refractivity contribution is -0.123. The molecule has 0 aromatic heterocycles. The number of carbonyl (C=O) groups excluding carboxylic acids is 1. The van der Waals surface area contributed by atoms with E-state index in [1.54, 1.807) is 0 Å². The summed E-state index contributed by atoms with van der Waals surface area (Å²) < 4.78 is 5.60. The van der Waals surface area contributed by atoms with Crippen LogP contribution in [0.5, 0.6) is 5.75 Å². The van der Waals surface area contributed by atoms with E-state index in [9.17, 15) is 4.79 Å². The highest BCUT2D eigenvalue weighted by Crippen LogP contribution is 2.23. The number of fused-ring (bicyclic) bond motifs is 1. The van der Waals surface area contributed by atoms with Gasteiger partial charge in [0.1, 0.15) is 5.75 Å². The Hall–Kier alpha value is -2.03. The highest BCUT2D eigenvalue weighted by Gasteiger charge is 2.14. The minimum absolute atomic E-state index is 0.0290. The third kappa shape index (κ3) is 4.00. The van der Waals surface area contributed by atoms with Crippen LogP contribution >= 0.6 is 0 Å². The van der Waals surface area contributed by atoms with Gasteiger partial charge in [-0.25, -0.2) is 0 Å². The molecule has 0 atom stereocenters. The van der Waals surface area contributed by atoms with E-state index >= 15 is 0 Å². The SMILES string of the molecule is O=C(COc1ccc2ccccc2c1)NCC1CCCCC1. The molecule has 1 saturated carbocycles. The van der Waals surface area contributed by atoms with E-state index in [1.165, 1.54) is 37.5 Å². The van der Waals surface area contributed by atoms with Crippen LogP contribution in [0.25, 0.3) is 10.8 Å². The molecule has 0 radical (unpaired) electrons. The molecular weight excluding hydrogens is 274 g/mol. The first-order chi connectivity index (χ1) is 10.8. The molecule has 1 N–H and O–H groups in total. The van der Waals surface area contributed by atoms with E-state index in [-0.39, 0.29) is 12.5 Å². The Labute approximate surface area is 131 Å². The summed E-state index contributed by atoms with van der Waals surface area (Å²) in [4.78, 5) is 11.9. The lowest BCUT2D eigenvalue weighted by atomic mass is 9.89. The predicted molar refractivity (Wildman–Crippen MR) is 89.0 cm³/mol. The van der Waals surface area contributed by atoms with E-state index in [4.69, 9.17) is 4.74 Å². The summed E-state index contributed by atoms with van der Waals surface area (Å²) in [6.45, 7) is 0.880.